The Labute approximate surface area is 180 Å². The fourth-order valence-corrected chi connectivity index (χ4v) is 3.46. The van der Waals surface area contributed by atoms with Crippen molar-refractivity contribution < 1.29 is 9.53 Å². The third-order valence-corrected chi connectivity index (χ3v) is 5.32. The average molecular weight is 411 g/mol. The second-order valence-corrected chi connectivity index (χ2v) is 8.80. The van der Waals surface area contributed by atoms with Crippen LogP contribution in [0.5, 0.6) is 5.75 Å². The molecule has 1 aromatic heterocycles. The SMILES string of the molecule is CC(C)(C)c1ccc(OCCNC(=O)NCc2ccc(N3CCCCC3)nc2)cc1. The molecule has 1 aromatic carbocycles. The summed E-state index contributed by atoms with van der Waals surface area (Å²) < 4.78 is 5.70. The van der Waals surface area contributed by atoms with Crippen LogP contribution in [0, 0.1) is 0 Å². The van der Waals surface area contributed by atoms with E-state index in [1.807, 2.05) is 30.5 Å². The molecule has 0 radical (unpaired) electrons. The summed E-state index contributed by atoms with van der Waals surface area (Å²) in [6.45, 7) is 10.0. The topological polar surface area (TPSA) is 66.5 Å². The van der Waals surface area contributed by atoms with E-state index in [0.717, 1.165) is 30.2 Å². The Morgan fingerprint density at radius 1 is 1.03 bits per heavy atom. The van der Waals surface area contributed by atoms with Crippen LogP contribution in [0.15, 0.2) is 42.6 Å². The van der Waals surface area contributed by atoms with Crippen molar-refractivity contribution >= 4 is 11.8 Å². The summed E-state index contributed by atoms with van der Waals surface area (Å²) >= 11 is 0. The van der Waals surface area contributed by atoms with Crippen LogP contribution in [0.3, 0.4) is 0 Å². The summed E-state index contributed by atoms with van der Waals surface area (Å²) in [4.78, 5) is 18.9. The Bertz CT molecular complexity index is 791. The number of aromatic nitrogens is 1. The molecule has 30 heavy (non-hydrogen) atoms. The molecule has 1 saturated heterocycles. The molecule has 3 rings (SSSR count). The Kier molecular flexibility index (Phi) is 7.55. The largest absolute Gasteiger partial charge is 0.492 e. The van der Waals surface area contributed by atoms with Gasteiger partial charge in [-0.15, -0.1) is 0 Å². The third-order valence-electron chi connectivity index (χ3n) is 5.32. The van der Waals surface area contributed by atoms with Gasteiger partial charge in [-0.1, -0.05) is 39.0 Å². The zero-order valence-corrected chi connectivity index (χ0v) is 18.4. The van der Waals surface area contributed by atoms with Crippen LogP contribution in [-0.2, 0) is 12.0 Å². The lowest BCUT2D eigenvalue weighted by Gasteiger charge is -2.27. The third kappa shape index (κ3) is 6.65. The van der Waals surface area contributed by atoms with Crippen molar-refractivity contribution in [2.24, 2.45) is 0 Å². The van der Waals surface area contributed by atoms with Crippen molar-refractivity contribution in [3.8, 4) is 5.75 Å². The summed E-state index contributed by atoms with van der Waals surface area (Å²) in [7, 11) is 0. The van der Waals surface area contributed by atoms with E-state index < -0.39 is 0 Å². The molecule has 2 heterocycles. The quantitative estimate of drug-likeness (QED) is 0.670. The molecule has 2 N–H and O–H groups in total. The van der Waals surface area contributed by atoms with Crippen molar-refractivity contribution in [1.29, 1.82) is 0 Å². The van der Waals surface area contributed by atoms with Gasteiger partial charge in [-0.2, -0.15) is 0 Å². The molecule has 0 atom stereocenters. The van der Waals surface area contributed by atoms with Gasteiger partial charge in [-0.3, -0.25) is 0 Å². The highest BCUT2D eigenvalue weighted by atomic mass is 16.5. The Hall–Kier alpha value is -2.76. The number of pyridine rings is 1. The van der Waals surface area contributed by atoms with Crippen molar-refractivity contribution in [2.45, 2.75) is 52.0 Å². The average Bonchev–Trinajstić information content (AvgIpc) is 2.76. The van der Waals surface area contributed by atoms with Gasteiger partial charge in [0.2, 0.25) is 0 Å². The van der Waals surface area contributed by atoms with E-state index in [1.165, 1.54) is 24.8 Å². The summed E-state index contributed by atoms with van der Waals surface area (Å²) in [6, 6.07) is 12.0. The van der Waals surface area contributed by atoms with E-state index in [1.54, 1.807) is 0 Å². The zero-order chi connectivity index (χ0) is 21.4. The van der Waals surface area contributed by atoms with E-state index in [0.29, 0.717) is 19.7 Å². The molecule has 0 bridgehead atoms. The summed E-state index contributed by atoms with van der Waals surface area (Å²) in [6.07, 6.45) is 5.62. The summed E-state index contributed by atoms with van der Waals surface area (Å²) in [5.41, 5.74) is 2.38. The first-order valence-corrected chi connectivity index (χ1v) is 10.9. The minimum atomic E-state index is -0.207. The van der Waals surface area contributed by atoms with E-state index in [2.05, 4.69) is 53.4 Å². The second-order valence-electron chi connectivity index (χ2n) is 8.80. The van der Waals surface area contributed by atoms with Crippen LogP contribution in [0.1, 0.15) is 51.2 Å². The molecule has 2 amide bonds. The van der Waals surface area contributed by atoms with Crippen LogP contribution in [0.25, 0.3) is 0 Å². The molecular formula is C24H34N4O2. The van der Waals surface area contributed by atoms with Crippen molar-refractivity contribution in [1.82, 2.24) is 15.6 Å². The zero-order valence-electron chi connectivity index (χ0n) is 18.4. The number of nitrogens with zero attached hydrogens (tertiary/aromatic N) is 2. The first-order valence-electron chi connectivity index (χ1n) is 10.9. The maximum atomic E-state index is 12.0. The number of nitrogens with one attached hydrogen (secondary N) is 2. The maximum Gasteiger partial charge on any atom is 0.315 e. The van der Waals surface area contributed by atoms with Gasteiger partial charge in [-0.25, -0.2) is 9.78 Å². The molecule has 0 aliphatic carbocycles. The lowest BCUT2D eigenvalue weighted by molar-refractivity contribution is 0.236. The van der Waals surface area contributed by atoms with Gasteiger partial charge >= 0.3 is 6.03 Å². The van der Waals surface area contributed by atoms with Crippen LogP contribution in [-0.4, -0.2) is 37.3 Å². The normalized spacial score (nSPS) is 14.3. The van der Waals surface area contributed by atoms with Crippen molar-refractivity contribution in [3.05, 3.63) is 53.7 Å². The van der Waals surface area contributed by atoms with Gasteiger partial charge in [-0.05, 0) is 54.0 Å². The minimum absolute atomic E-state index is 0.127. The number of ether oxygens (including phenoxy) is 1. The minimum Gasteiger partial charge on any atom is -0.492 e. The first-order chi connectivity index (χ1) is 14.4. The fraction of sp³-hybridized carbons (Fsp3) is 0.500. The smallest absolute Gasteiger partial charge is 0.315 e. The second kappa shape index (κ2) is 10.3. The number of piperidine rings is 1. The van der Waals surface area contributed by atoms with E-state index >= 15 is 0 Å². The number of hydrogen-bond acceptors (Lipinski definition) is 4. The van der Waals surface area contributed by atoms with Gasteiger partial charge in [0.25, 0.3) is 0 Å². The van der Waals surface area contributed by atoms with Crippen LogP contribution >= 0.6 is 0 Å². The lowest BCUT2D eigenvalue weighted by atomic mass is 9.87. The number of amides is 2. The Balaban J connectivity index is 1.33. The van der Waals surface area contributed by atoms with Crippen LogP contribution in [0.4, 0.5) is 10.6 Å². The molecule has 0 saturated carbocycles. The number of hydrogen-bond donors (Lipinski definition) is 2. The maximum absolute atomic E-state index is 12.0. The monoisotopic (exact) mass is 410 g/mol. The van der Waals surface area contributed by atoms with Gasteiger partial charge < -0.3 is 20.3 Å². The predicted octanol–water partition coefficient (Wildman–Crippen LogP) is 4.25. The molecule has 162 valence electrons. The van der Waals surface area contributed by atoms with E-state index in [-0.39, 0.29) is 11.4 Å². The molecule has 2 aromatic rings. The molecule has 1 fully saturated rings. The van der Waals surface area contributed by atoms with Gasteiger partial charge in [0.15, 0.2) is 0 Å². The molecule has 0 spiro atoms. The number of carbonyl (C=O) groups excluding carboxylic acids is 1. The number of benzene rings is 1. The summed E-state index contributed by atoms with van der Waals surface area (Å²) in [5.74, 6) is 1.83. The van der Waals surface area contributed by atoms with Gasteiger partial charge in [0.05, 0.1) is 6.54 Å². The standard InChI is InChI=1S/C24H34N4O2/c1-24(2,3)20-8-10-21(11-9-20)30-16-13-25-23(29)27-18-19-7-12-22(26-17-19)28-14-5-4-6-15-28/h7-12,17H,4-6,13-16,18H2,1-3H3,(H2,25,27,29). The number of anilines is 1. The fourth-order valence-electron chi connectivity index (χ4n) is 3.46. The highest BCUT2D eigenvalue weighted by Gasteiger charge is 2.13. The van der Waals surface area contributed by atoms with E-state index in [9.17, 15) is 4.79 Å². The van der Waals surface area contributed by atoms with Gasteiger partial charge in [0.1, 0.15) is 18.2 Å². The number of rotatable bonds is 7. The van der Waals surface area contributed by atoms with E-state index in [4.69, 9.17) is 4.74 Å². The van der Waals surface area contributed by atoms with Crippen LogP contribution in [0.2, 0.25) is 0 Å². The highest BCUT2D eigenvalue weighted by Crippen LogP contribution is 2.24. The molecule has 1 aliphatic heterocycles. The first kappa shape index (κ1) is 21.9. The Morgan fingerprint density at radius 3 is 2.40 bits per heavy atom. The number of urea groups is 1. The lowest BCUT2D eigenvalue weighted by Crippen LogP contribution is -2.37. The molecular weight excluding hydrogens is 376 g/mol. The molecule has 0 unspecified atom stereocenters. The van der Waals surface area contributed by atoms with Crippen molar-refractivity contribution in [3.63, 3.8) is 0 Å². The highest BCUT2D eigenvalue weighted by molar-refractivity contribution is 5.73. The summed E-state index contributed by atoms with van der Waals surface area (Å²) in [5, 5.41) is 5.68. The predicted molar refractivity (Wildman–Crippen MR) is 121 cm³/mol. The molecule has 6 nitrogen and oxygen atoms in total. The number of carbonyl (C=O) groups is 1. The van der Waals surface area contributed by atoms with Crippen molar-refractivity contribution in [2.75, 3.05) is 31.1 Å². The van der Waals surface area contributed by atoms with Gasteiger partial charge in [0, 0.05) is 25.8 Å². The Morgan fingerprint density at radius 2 is 1.77 bits per heavy atom. The molecule has 6 heteroatoms. The van der Waals surface area contributed by atoms with Crippen LogP contribution < -0.4 is 20.3 Å². The molecule has 1 aliphatic rings.